The molecule has 20 heavy (non-hydrogen) atoms. The molecule has 1 N–H and O–H groups in total. The van der Waals surface area contributed by atoms with Crippen molar-refractivity contribution < 1.29 is 0 Å². The van der Waals surface area contributed by atoms with E-state index in [0.29, 0.717) is 6.04 Å². The molecule has 0 radical (unpaired) electrons. The summed E-state index contributed by atoms with van der Waals surface area (Å²) in [4.78, 5) is 12.6. The van der Waals surface area contributed by atoms with Crippen LogP contribution in [-0.4, -0.2) is 34.5 Å². The number of nitrogens with one attached hydrogen (secondary N) is 1. The summed E-state index contributed by atoms with van der Waals surface area (Å²) < 4.78 is 0. The number of pyridine rings is 1. The molecular formula is C15H20N4S. The molecule has 0 aliphatic carbocycles. The van der Waals surface area contributed by atoms with Gasteiger partial charge in [-0.1, -0.05) is 13.0 Å². The van der Waals surface area contributed by atoms with Crippen molar-refractivity contribution in [2.24, 2.45) is 0 Å². The highest BCUT2D eigenvalue weighted by Gasteiger charge is 2.24. The Kier molecular flexibility index (Phi) is 4.40. The summed E-state index contributed by atoms with van der Waals surface area (Å²) >= 11 is 1.83. The van der Waals surface area contributed by atoms with Crippen molar-refractivity contribution in [2.45, 2.75) is 25.9 Å². The largest absolute Gasteiger partial charge is 0.314 e. The van der Waals surface area contributed by atoms with Gasteiger partial charge in [-0.15, -0.1) is 11.3 Å². The zero-order chi connectivity index (χ0) is 13.8. The van der Waals surface area contributed by atoms with Crippen molar-refractivity contribution in [3.8, 4) is 0 Å². The van der Waals surface area contributed by atoms with Gasteiger partial charge < -0.3 is 5.32 Å². The fraction of sp³-hybridized carbons (Fsp3) is 0.467. The second-order valence-electron chi connectivity index (χ2n) is 5.05. The van der Waals surface area contributed by atoms with Crippen LogP contribution in [0.5, 0.6) is 0 Å². The number of nitrogens with zero attached hydrogens (tertiary/aromatic N) is 3. The molecule has 0 saturated carbocycles. The quantitative estimate of drug-likeness (QED) is 0.937. The Hall–Kier alpha value is -1.30. The number of piperazine rings is 1. The minimum Gasteiger partial charge on any atom is -0.314 e. The molecular weight excluding hydrogens is 268 g/mol. The average molecular weight is 288 g/mol. The zero-order valence-electron chi connectivity index (χ0n) is 11.7. The molecule has 1 fully saturated rings. The molecule has 3 heterocycles. The second kappa shape index (κ2) is 6.43. The van der Waals surface area contributed by atoms with Gasteiger partial charge in [-0.2, -0.15) is 0 Å². The van der Waals surface area contributed by atoms with Crippen LogP contribution in [-0.2, 0) is 13.0 Å². The van der Waals surface area contributed by atoms with Gasteiger partial charge in [0.2, 0.25) is 0 Å². The van der Waals surface area contributed by atoms with Crippen molar-refractivity contribution >= 4 is 11.3 Å². The van der Waals surface area contributed by atoms with Crippen LogP contribution < -0.4 is 5.32 Å². The lowest BCUT2D eigenvalue weighted by Crippen LogP contribution is -2.45. The first-order valence-electron chi connectivity index (χ1n) is 7.15. The van der Waals surface area contributed by atoms with E-state index in [1.54, 1.807) is 0 Å². The summed E-state index contributed by atoms with van der Waals surface area (Å²) in [6, 6.07) is 4.59. The molecule has 4 nitrogen and oxygen atoms in total. The van der Waals surface area contributed by atoms with Gasteiger partial charge in [-0.05, 0) is 18.1 Å². The third-order valence-electron chi connectivity index (χ3n) is 3.69. The van der Waals surface area contributed by atoms with Gasteiger partial charge in [-0.25, -0.2) is 4.98 Å². The lowest BCUT2D eigenvalue weighted by atomic mass is 10.1. The van der Waals surface area contributed by atoms with Crippen molar-refractivity contribution in [1.29, 1.82) is 0 Å². The molecule has 3 rings (SSSR count). The van der Waals surface area contributed by atoms with Gasteiger partial charge in [0, 0.05) is 55.7 Å². The number of hydrogen-bond donors (Lipinski definition) is 1. The monoisotopic (exact) mass is 288 g/mol. The molecule has 2 aromatic heterocycles. The Morgan fingerprint density at radius 3 is 3.15 bits per heavy atom. The average Bonchev–Trinajstić information content (AvgIpc) is 2.96. The molecule has 0 spiro atoms. The van der Waals surface area contributed by atoms with E-state index in [2.05, 4.69) is 33.2 Å². The van der Waals surface area contributed by atoms with E-state index >= 15 is 0 Å². The summed E-state index contributed by atoms with van der Waals surface area (Å²) in [5.41, 5.74) is 1.29. The standard InChI is InChI=1S/C15H20N4S/c1-2-15-18-9-13(20-15)11-19-7-6-17-10-14(19)12-4-3-5-16-8-12/h3-5,8-9,14,17H,2,6-7,10-11H2,1H3. The van der Waals surface area contributed by atoms with Crippen LogP contribution in [0.3, 0.4) is 0 Å². The lowest BCUT2D eigenvalue weighted by molar-refractivity contribution is 0.155. The predicted molar refractivity (Wildman–Crippen MR) is 81.7 cm³/mol. The normalized spacial score (nSPS) is 20.1. The molecule has 1 saturated heterocycles. The summed E-state index contributed by atoms with van der Waals surface area (Å²) in [7, 11) is 0. The van der Waals surface area contributed by atoms with Crippen LogP contribution in [0.25, 0.3) is 0 Å². The maximum absolute atomic E-state index is 4.46. The molecule has 0 aromatic carbocycles. The number of hydrogen-bond acceptors (Lipinski definition) is 5. The molecule has 2 aromatic rings. The first kappa shape index (κ1) is 13.7. The minimum absolute atomic E-state index is 0.407. The van der Waals surface area contributed by atoms with Crippen LogP contribution in [0.2, 0.25) is 0 Å². The van der Waals surface area contributed by atoms with Crippen molar-refractivity contribution in [3.63, 3.8) is 0 Å². The van der Waals surface area contributed by atoms with Crippen LogP contribution in [0.1, 0.15) is 28.4 Å². The first-order chi connectivity index (χ1) is 9.86. The van der Waals surface area contributed by atoms with E-state index in [0.717, 1.165) is 32.6 Å². The summed E-state index contributed by atoms with van der Waals surface area (Å²) in [5.74, 6) is 0. The molecule has 1 unspecified atom stereocenters. The smallest absolute Gasteiger partial charge is 0.0925 e. The number of thiazole rings is 1. The zero-order valence-corrected chi connectivity index (χ0v) is 12.6. The number of aryl methyl sites for hydroxylation is 1. The predicted octanol–water partition coefficient (Wildman–Crippen LogP) is 2.25. The van der Waals surface area contributed by atoms with E-state index in [-0.39, 0.29) is 0 Å². The maximum atomic E-state index is 4.46. The number of aromatic nitrogens is 2. The topological polar surface area (TPSA) is 41.1 Å². The highest BCUT2D eigenvalue weighted by molar-refractivity contribution is 7.11. The molecule has 1 aliphatic rings. The van der Waals surface area contributed by atoms with Gasteiger partial charge in [-0.3, -0.25) is 9.88 Å². The highest BCUT2D eigenvalue weighted by Crippen LogP contribution is 2.25. The van der Waals surface area contributed by atoms with E-state index in [1.807, 2.05) is 36.0 Å². The third kappa shape index (κ3) is 3.06. The third-order valence-corrected chi connectivity index (χ3v) is 4.81. The summed E-state index contributed by atoms with van der Waals surface area (Å²) in [6.45, 7) is 6.25. The fourth-order valence-electron chi connectivity index (χ4n) is 2.62. The Balaban J connectivity index is 1.75. The fourth-order valence-corrected chi connectivity index (χ4v) is 3.51. The molecule has 0 bridgehead atoms. The SMILES string of the molecule is CCc1ncc(CN2CCNCC2c2cccnc2)s1. The highest BCUT2D eigenvalue weighted by atomic mass is 32.1. The Bertz CT molecular complexity index is 540. The first-order valence-corrected chi connectivity index (χ1v) is 7.96. The van der Waals surface area contributed by atoms with Crippen LogP contribution in [0, 0.1) is 0 Å². The number of rotatable bonds is 4. The van der Waals surface area contributed by atoms with E-state index < -0.39 is 0 Å². The second-order valence-corrected chi connectivity index (χ2v) is 6.25. The molecule has 1 aliphatic heterocycles. The van der Waals surface area contributed by atoms with Crippen LogP contribution in [0.15, 0.2) is 30.7 Å². The van der Waals surface area contributed by atoms with Gasteiger partial charge in [0.1, 0.15) is 0 Å². The lowest BCUT2D eigenvalue weighted by Gasteiger charge is -2.35. The minimum atomic E-state index is 0.407. The van der Waals surface area contributed by atoms with Crippen LogP contribution in [0.4, 0.5) is 0 Å². The van der Waals surface area contributed by atoms with Gasteiger partial charge in [0.15, 0.2) is 0 Å². The van der Waals surface area contributed by atoms with E-state index in [9.17, 15) is 0 Å². The van der Waals surface area contributed by atoms with Crippen molar-refractivity contribution in [3.05, 3.63) is 46.2 Å². The van der Waals surface area contributed by atoms with Gasteiger partial charge in [0.25, 0.3) is 0 Å². The van der Waals surface area contributed by atoms with Gasteiger partial charge in [0.05, 0.1) is 5.01 Å². The molecule has 5 heteroatoms. The van der Waals surface area contributed by atoms with E-state index in [1.165, 1.54) is 15.4 Å². The Morgan fingerprint density at radius 2 is 2.40 bits per heavy atom. The Labute approximate surface area is 123 Å². The molecule has 0 amide bonds. The summed E-state index contributed by atoms with van der Waals surface area (Å²) in [5, 5.41) is 4.71. The Morgan fingerprint density at radius 1 is 1.45 bits per heavy atom. The molecule has 1 atom stereocenters. The van der Waals surface area contributed by atoms with Gasteiger partial charge >= 0.3 is 0 Å². The maximum Gasteiger partial charge on any atom is 0.0925 e. The molecule has 106 valence electrons. The van der Waals surface area contributed by atoms with Crippen molar-refractivity contribution in [1.82, 2.24) is 20.2 Å². The summed E-state index contributed by atoms with van der Waals surface area (Å²) in [6.07, 6.45) is 6.87. The van der Waals surface area contributed by atoms with Crippen LogP contribution >= 0.6 is 11.3 Å². The van der Waals surface area contributed by atoms with Crippen molar-refractivity contribution in [2.75, 3.05) is 19.6 Å². The van der Waals surface area contributed by atoms with E-state index in [4.69, 9.17) is 0 Å².